The van der Waals surface area contributed by atoms with Crippen LogP contribution in [0.1, 0.15) is 21.6 Å². The first-order chi connectivity index (χ1) is 18.1. The zero-order chi connectivity index (χ0) is 25.6. The Kier molecular flexibility index (Phi) is 6.65. The summed E-state index contributed by atoms with van der Waals surface area (Å²) >= 11 is 0. The SMILES string of the molecule is N#Cc1ccc(NC(=O)c2cc3cccc(NC(=O)COCc4ccccc4)c3[nH]2)c(-c2nn[nH]n2)c1. The number of rotatable bonds is 8. The Hall–Kier alpha value is -5.34. The zero-order valence-electron chi connectivity index (χ0n) is 19.4. The van der Waals surface area contributed by atoms with Crippen molar-refractivity contribution in [2.45, 2.75) is 6.61 Å². The van der Waals surface area contributed by atoms with Gasteiger partial charge in [0.1, 0.15) is 12.3 Å². The van der Waals surface area contributed by atoms with Gasteiger partial charge in [0.25, 0.3) is 5.91 Å². The second kappa shape index (κ2) is 10.5. The molecule has 37 heavy (non-hydrogen) atoms. The number of benzene rings is 3. The average molecular weight is 492 g/mol. The van der Waals surface area contributed by atoms with Crippen molar-refractivity contribution in [3.8, 4) is 17.5 Å². The fourth-order valence-electron chi connectivity index (χ4n) is 3.78. The molecule has 11 heteroatoms. The van der Waals surface area contributed by atoms with Gasteiger partial charge in [-0.05, 0) is 41.1 Å². The molecule has 0 unspecified atom stereocenters. The Bertz CT molecular complexity index is 1600. The molecule has 0 bridgehead atoms. The number of fused-ring (bicyclic) bond motifs is 1. The van der Waals surface area contributed by atoms with E-state index in [9.17, 15) is 14.9 Å². The van der Waals surface area contributed by atoms with Crippen molar-refractivity contribution in [2.75, 3.05) is 17.2 Å². The number of carbonyl (C=O) groups excluding carboxylic acids is 2. The molecule has 0 aliphatic carbocycles. The fraction of sp³-hybridized carbons (Fsp3) is 0.0769. The summed E-state index contributed by atoms with van der Waals surface area (Å²) in [7, 11) is 0. The summed E-state index contributed by atoms with van der Waals surface area (Å²) in [5.74, 6) is -0.496. The molecule has 0 atom stereocenters. The van der Waals surface area contributed by atoms with Gasteiger partial charge in [-0.15, -0.1) is 10.2 Å². The first-order valence-corrected chi connectivity index (χ1v) is 11.2. The van der Waals surface area contributed by atoms with Crippen molar-refractivity contribution in [1.82, 2.24) is 25.6 Å². The Balaban J connectivity index is 1.31. The maximum atomic E-state index is 13.1. The summed E-state index contributed by atoms with van der Waals surface area (Å²) < 4.78 is 5.51. The summed E-state index contributed by atoms with van der Waals surface area (Å²) in [6.07, 6.45) is 0. The molecule has 0 radical (unpaired) electrons. The number of anilines is 2. The lowest BCUT2D eigenvalue weighted by atomic mass is 10.1. The van der Waals surface area contributed by atoms with Crippen LogP contribution in [0, 0.1) is 11.3 Å². The number of tetrazole rings is 1. The van der Waals surface area contributed by atoms with Crippen molar-refractivity contribution in [2.24, 2.45) is 0 Å². The van der Waals surface area contributed by atoms with E-state index in [0.29, 0.717) is 34.6 Å². The van der Waals surface area contributed by atoms with Gasteiger partial charge >= 0.3 is 0 Å². The summed E-state index contributed by atoms with van der Waals surface area (Å²) in [5, 5.41) is 29.4. The van der Waals surface area contributed by atoms with Gasteiger partial charge in [0, 0.05) is 10.9 Å². The largest absolute Gasteiger partial charge is 0.367 e. The third-order valence-electron chi connectivity index (χ3n) is 5.50. The van der Waals surface area contributed by atoms with Gasteiger partial charge in [-0.2, -0.15) is 10.5 Å². The predicted octanol–water partition coefficient (Wildman–Crippen LogP) is 3.63. The zero-order valence-corrected chi connectivity index (χ0v) is 19.4. The number of hydrogen-bond donors (Lipinski definition) is 4. The number of nitrogens with zero attached hydrogens (tertiary/aromatic N) is 4. The molecular weight excluding hydrogens is 472 g/mol. The van der Waals surface area contributed by atoms with Crippen LogP contribution >= 0.6 is 0 Å². The van der Waals surface area contributed by atoms with E-state index in [-0.39, 0.29) is 24.0 Å². The maximum absolute atomic E-state index is 13.1. The van der Waals surface area contributed by atoms with E-state index in [1.54, 1.807) is 36.4 Å². The van der Waals surface area contributed by atoms with Gasteiger partial charge in [-0.1, -0.05) is 42.5 Å². The van der Waals surface area contributed by atoms with Gasteiger partial charge in [0.15, 0.2) is 0 Å². The molecule has 0 saturated heterocycles. The minimum absolute atomic E-state index is 0.114. The summed E-state index contributed by atoms with van der Waals surface area (Å²) in [4.78, 5) is 28.6. The summed E-state index contributed by atoms with van der Waals surface area (Å²) in [5.41, 5.74) is 3.62. The number of nitrogens with one attached hydrogen (secondary N) is 4. The lowest BCUT2D eigenvalue weighted by Gasteiger charge is -2.09. The molecule has 5 aromatic rings. The molecule has 11 nitrogen and oxygen atoms in total. The van der Waals surface area contributed by atoms with E-state index < -0.39 is 5.91 Å². The normalized spacial score (nSPS) is 10.7. The van der Waals surface area contributed by atoms with Crippen LogP contribution < -0.4 is 10.6 Å². The number of hydrogen-bond acceptors (Lipinski definition) is 7. The molecule has 4 N–H and O–H groups in total. The molecule has 5 rings (SSSR count). The standard InChI is InChI=1S/C26H20N8O3/c27-13-17-9-10-20(19(11-17)25-31-33-34-32-25)30-26(36)22-12-18-7-4-8-21(24(18)29-22)28-23(35)15-37-14-16-5-2-1-3-6-16/h1-12,29H,14-15H2,(H,28,35)(H,30,36)(H,31,32,33,34). The van der Waals surface area contributed by atoms with Crippen molar-refractivity contribution in [3.05, 3.63) is 89.6 Å². The highest BCUT2D eigenvalue weighted by Crippen LogP contribution is 2.28. The van der Waals surface area contributed by atoms with Crippen molar-refractivity contribution in [1.29, 1.82) is 5.26 Å². The monoisotopic (exact) mass is 492 g/mol. The molecule has 2 heterocycles. The van der Waals surface area contributed by atoms with E-state index in [2.05, 4.69) is 42.3 Å². The number of aromatic amines is 2. The second-order valence-corrected chi connectivity index (χ2v) is 8.04. The van der Waals surface area contributed by atoms with Crippen molar-refractivity contribution in [3.63, 3.8) is 0 Å². The Labute approximate surface area is 210 Å². The smallest absolute Gasteiger partial charge is 0.272 e. The van der Waals surface area contributed by atoms with Crippen LogP contribution in [0.2, 0.25) is 0 Å². The maximum Gasteiger partial charge on any atom is 0.272 e. The van der Waals surface area contributed by atoms with Crippen molar-refractivity contribution < 1.29 is 14.3 Å². The quantitative estimate of drug-likeness (QED) is 0.257. The molecule has 3 aromatic carbocycles. The van der Waals surface area contributed by atoms with Gasteiger partial charge in [-0.25, -0.2) is 0 Å². The number of para-hydroxylation sites is 1. The van der Waals surface area contributed by atoms with Gasteiger partial charge in [0.2, 0.25) is 11.7 Å². The van der Waals surface area contributed by atoms with E-state index in [1.807, 2.05) is 36.4 Å². The Morgan fingerprint density at radius 1 is 0.973 bits per heavy atom. The van der Waals surface area contributed by atoms with E-state index in [4.69, 9.17) is 4.74 Å². The van der Waals surface area contributed by atoms with Crippen LogP contribution in [0.3, 0.4) is 0 Å². The van der Waals surface area contributed by atoms with Gasteiger partial charge in [-0.3, -0.25) is 9.59 Å². The third kappa shape index (κ3) is 5.34. The second-order valence-electron chi connectivity index (χ2n) is 8.04. The molecule has 0 aliphatic heterocycles. The number of aromatic nitrogens is 5. The van der Waals surface area contributed by atoms with Gasteiger partial charge < -0.3 is 20.4 Å². The van der Waals surface area contributed by atoms with Crippen LogP contribution in [0.5, 0.6) is 0 Å². The predicted molar refractivity (Wildman–Crippen MR) is 135 cm³/mol. The molecular formula is C26H20N8O3. The number of ether oxygens (including phenoxy) is 1. The average Bonchev–Trinajstić information content (AvgIpc) is 3.61. The highest BCUT2D eigenvalue weighted by Gasteiger charge is 2.17. The summed E-state index contributed by atoms with van der Waals surface area (Å²) in [6.45, 7) is 0.212. The number of amides is 2. The van der Waals surface area contributed by atoms with E-state index >= 15 is 0 Å². The Morgan fingerprint density at radius 3 is 2.62 bits per heavy atom. The minimum Gasteiger partial charge on any atom is -0.367 e. The molecule has 2 amide bonds. The third-order valence-corrected chi connectivity index (χ3v) is 5.50. The van der Waals surface area contributed by atoms with Crippen LogP contribution in [-0.4, -0.2) is 44.0 Å². The molecule has 0 spiro atoms. The van der Waals surface area contributed by atoms with Crippen LogP contribution in [0.25, 0.3) is 22.3 Å². The first kappa shape index (κ1) is 23.4. The van der Waals surface area contributed by atoms with E-state index in [1.165, 1.54) is 0 Å². The van der Waals surface area contributed by atoms with Crippen molar-refractivity contribution >= 4 is 34.1 Å². The highest BCUT2D eigenvalue weighted by molar-refractivity contribution is 6.09. The molecule has 0 fully saturated rings. The van der Waals surface area contributed by atoms with Gasteiger partial charge in [0.05, 0.1) is 35.1 Å². The lowest BCUT2D eigenvalue weighted by molar-refractivity contribution is -0.121. The highest BCUT2D eigenvalue weighted by atomic mass is 16.5. The van der Waals surface area contributed by atoms with Crippen LogP contribution in [0.15, 0.2) is 72.8 Å². The summed E-state index contributed by atoms with van der Waals surface area (Å²) in [6, 6.07) is 23.4. The molecule has 182 valence electrons. The molecule has 0 aliphatic rings. The fourth-order valence-corrected chi connectivity index (χ4v) is 3.78. The topological polar surface area (TPSA) is 161 Å². The first-order valence-electron chi connectivity index (χ1n) is 11.2. The lowest BCUT2D eigenvalue weighted by Crippen LogP contribution is -2.18. The Morgan fingerprint density at radius 2 is 1.84 bits per heavy atom. The van der Waals surface area contributed by atoms with Crippen LogP contribution in [0.4, 0.5) is 11.4 Å². The molecule has 0 saturated carbocycles. The van der Waals surface area contributed by atoms with E-state index in [0.717, 1.165) is 10.9 Å². The van der Waals surface area contributed by atoms with Crippen LogP contribution in [-0.2, 0) is 16.1 Å². The number of H-pyrrole nitrogens is 2. The molecule has 2 aromatic heterocycles. The number of carbonyl (C=O) groups is 2. The number of nitriles is 1. The minimum atomic E-state index is -0.422.